The lowest BCUT2D eigenvalue weighted by Gasteiger charge is -2.12. The number of nitrogens with two attached hydrogens (primary N) is 1. The topological polar surface area (TPSA) is 30.9 Å². The normalized spacial score (nSPS) is 12.7. The summed E-state index contributed by atoms with van der Waals surface area (Å²) < 4.78 is 28.1. The molecule has 2 rings (SSSR count). The molecule has 0 aliphatic rings. The molecular formula is C13H14F2N2. The Morgan fingerprint density at radius 1 is 1.29 bits per heavy atom. The Bertz CT molecular complexity index is 518. The van der Waals surface area contributed by atoms with Gasteiger partial charge in [-0.15, -0.1) is 0 Å². The number of hydrogen-bond donors (Lipinski definition) is 1. The van der Waals surface area contributed by atoms with Crippen LogP contribution in [-0.4, -0.2) is 4.57 Å². The van der Waals surface area contributed by atoms with E-state index in [-0.39, 0.29) is 6.04 Å². The first-order valence-corrected chi connectivity index (χ1v) is 5.42. The molecule has 0 spiro atoms. The van der Waals surface area contributed by atoms with Crippen molar-refractivity contribution in [2.45, 2.75) is 19.5 Å². The minimum absolute atomic E-state index is 0.117. The quantitative estimate of drug-likeness (QED) is 0.872. The summed E-state index contributed by atoms with van der Waals surface area (Å²) in [6, 6.07) is 7.24. The Hall–Kier alpha value is -1.68. The van der Waals surface area contributed by atoms with Crippen molar-refractivity contribution in [3.63, 3.8) is 0 Å². The predicted octanol–water partition coefficient (Wildman–Crippen LogP) is 2.83. The molecule has 2 aromatic rings. The molecule has 1 unspecified atom stereocenters. The molecule has 1 atom stereocenters. The number of halogens is 2. The van der Waals surface area contributed by atoms with Crippen molar-refractivity contribution in [1.82, 2.24) is 4.57 Å². The fourth-order valence-corrected chi connectivity index (χ4v) is 1.82. The molecule has 0 saturated carbocycles. The van der Waals surface area contributed by atoms with Gasteiger partial charge in [-0.25, -0.2) is 8.78 Å². The van der Waals surface area contributed by atoms with Gasteiger partial charge >= 0.3 is 0 Å². The highest BCUT2D eigenvalue weighted by atomic mass is 19.1. The molecule has 0 aliphatic carbocycles. The SMILES string of the molecule is CC(N)c1cccn1Cc1ccc(F)cc1F. The van der Waals surface area contributed by atoms with E-state index in [9.17, 15) is 8.78 Å². The molecule has 0 saturated heterocycles. The van der Waals surface area contributed by atoms with Gasteiger partial charge in [-0.1, -0.05) is 6.07 Å². The maximum Gasteiger partial charge on any atom is 0.131 e. The number of rotatable bonds is 3. The number of hydrogen-bond acceptors (Lipinski definition) is 1. The smallest absolute Gasteiger partial charge is 0.131 e. The van der Waals surface area contributed by atoms with Gasteiger partial charge in [0.25, 0.3) is 0 Å². The van der Waals surface area contributed by atoms with Gasteiger partial charge in [-0.2, -0.15) is 0 Å². The highest BCUT2D eigenvalue weighted by Gasteiger charge is 2.09. The Balaban J connectivity index is 2.28. The molecular weight excluding hydrogens is 222 g/mol. The summed E-state index contributed by atoms with van der Waals surface area (Å²) in [5.41, 5.74) is 7.17. The van der Waals surface area contributed by atoms with Crippen LogP contribution in [0.3, 0.4) is 0 Å². The van der Waals surface area contributed by atoms with Gasteiger partial charge in [0.2, 0.25) is 0 Å². The van der Waals surface area contributed by atoms with Crippen LogP contribution in [0.1, 0.15) is 24.2 Å². The summed E-state index contributed by atoms with van der Waals surface area (Å²) in [5, 5.41) is 0. The number of nitrogens with zero attached hydrogens (tertiary/aromatic N) is 1. The zero-order valence-corrected chi connectivity index (χ0v) is 9.53. The van der Waals surface area contributed by atoms with Gasteiger partial charge in [0.05, 0.1) is 6.54 Å². The van der Waals surface area contributed by atoms with Crippen molar-refractivity contribution < 1.29 is 8.78 Å². The van der Waals surface area contributed by atoms with E-state index < -0.39 is 11.6 Å². The van der Waals surface area contributed by atoms with Crippen molar-refractivity contribution in [2.75, 3.05) is 0 Å². The fourth-order valence-electron chi connectivity index (χ4n) is 1.82. The van der Waals surface area contributed by atoms with Crippen molar-refractivity contribution in [3.05, 3.63) is 59.4 Å². The maximum atomic E-state index is 13.5. The van der Waals surface area contributed by atoms with Gasteiger partial charge < -0.3 is 10.3 Å². The van der Waals surface area contributed by atoms with Gasteiger partial charge in [-0.05, 0) is 25.1 Å². The Morgan fingerprint density at radius 3 is 2.71 bits per heavy atom. The minimum Gasteiger partial charge on any atom is -0.345 e. The van der Waals surface area contributed by atoms with Gasteiger partial charge in [0.15, 0.2) is 0 Å². The van der Waals surface area contributed by atoms with Crippen LogP contribution in [0.2, 0.25) is 0 Å². The van der Waals surface area contributed by atoms with Crippen LogP contribution in [0.25, 0.3) is 0 Å². The highest BCUT2D eigenvalue weighted by Crippen LogP contribution is 2.16. The van der Waals surface area contributed by atoms with Crippen LogP contribution >= 0.6 is 0 Å². The summed E-state index contributed by atoms with van der Waals surface area (Å²) in [6.45, 7) is 2.23. The molecule has 0 aliphatic heterocycles. The summed E-state index contributed by atoms with van der Waals surface area (Å²) in [5.74, 6) is -1.10. The number of benzene rings is 1. The van der Waals surface area contributed by atoms with Crippen molar-refractivity contribution in [1.29, 1.82) is 0 Å². The van der Waals surface area contributed by atoms with Crippen molar-refractivity contribution in [3.8, 4) is 0 Å². The van der Waals surface area contributed by atoms with Crippen LogP contribution in [0, 0.1) is 11.6 Å². The van der Waals surface area contributed by atoms with Gasteiger partial charge in [-0.3, -0.25) is 0 Å². The second kappa shape index (κ2) is 4.67. The molecule has 2 N–H and O–H groups in total. The first-order chi connectivity index (χ1) is 8.08. The summed E-state index contributed by atoms with van der Waals surface area (Å²) in [6.07, 6.45) is 1.83. The molecule has 1 heterocycles. The van der Waals surface area contributed by atoms with E-state index in [0.29, 0.717) is 12.1 Å². The predicted molar refractivity (Wildman–Crippen MR) is 62.5 cm³/mol. The summed E-state index contributed by atoms with van der Waals surface area (Å²) in [4.78, 5) is 0. The fraction of sp³-hybridized carbons (Fsp3) is 0.231. The third-order valence-electron chi connectivity index (χ3n) is 2.69. The molecule has 1 aromatic carbocycles. The molecule has 0 radical (unpaired) electrons. The molecule has 17 heavy (non-hydrogen) atoms. The Morgan fingerprint density at radius 2 is 2.06 bits per heavy atom. The second-order valence-corrected chi connectivity index (χ2v) is 4.09. The molecule has 0 fully saturated rings. The van der Waals surface area contributed by atoms with Crippen LogP contribution in [-0.2, 0) is 6.54 Å². The molecule has 4 heteroatoms. The van der Waals surface area contributed by atoms with E-state index in [1.807, 2.05) is 29.8 Å². The zero-order valence-electron chi connectivity index (χ0n) is 9.53. The third-order valence-corrected chi connectivity index (χ3v) is 2.69. The number of aromatic nitrogens is 1. The lowest BCUT2D eigenvalue weighted by molar-refractivity contribution is 0.561. The summed E-state index contributed by atoms with van der Waals surface area (Å²) in [7, 11) is 0. The molecule has 0 amide bonds. The minimum atomic E-state index is -0.564. The van der Waals surface area contributed by atoms with Crippen molar-refractivity contribution in [2.24, 2.45) is 5.73 Å². The average Bonchev–Trinajstić information content (AvgIpc) is 2.70. The zero-order chi connectivity index (χ0) is 12.4. The van der Waals surface area contributed by atoms with E-state index in [4.69, 9.17) is 5.73 Å². The maximum absolute atomic E-state index is 13.5. The van der Waals surface area contributed by atoms with E-state index in [1.54, 1.807) is 0 Å². The summed E-state index contributed by atoms with van der Waals surface area (Å²) >= 11 is 0. The van der Waals surface area contributed by atoms with Crippen molar-refractivity contribution >= 4 is 0 Å². The standard InChI is InChI=1S/C13H14F2N2/c1-9(16)13-3-2-6-17(13)8-10-4-5-11(14)7-12(10)15/h2-7,9H,8,16H2,1H3. The first-order valence-electron chi connectivity index (χ1n) is 5.42. The van der Waals surface area contributed by atoms with Crippen LogP contribution < -0.4 is 5.73 Å². The Kier molecular flexibility index (Phi) is 3.24. The van der Waals surface area contributed by atoms with Gasteiger partial charge in [0, 0.05) is 29.6 Å². The van der Waals surface area contributed by atoms with E-state index >= 15 is 0 Å². The van der Waals surface area contributed by atoms with Gasteiger partial charge in [0.1, 0.15) is 11.6 Å². The van der Waals surface area contributed by atoms with Crippen LogP contribution in [0.15, 0.2) is 36.5 Å². The lowest BCUT2D eigenvalue weighted by Crippen LogP contribution is -2.13. The molecule has 1 aromatic heterocycles. The Labute approximate surface area is 98.7 Å². The van der Waals surface area contributed by atoms with Crippen LogP contribution in [0.4, 0.5) is 8.78 Å². The largest absolute Gasteiger partial charge is 0.345 e. The molecule has 0 bridgehead atoms. The molecule has 90 valence electrons. The average molecular weight is 236 g/mol. The van der Waals surface area contributed by atoms with Crippen LogP contribution in [0.5, 0.6) is 0 Å². The monoisotopic (exact) mass is 236 g/mol. The third kappa shape index (κ3) is 2.53. The second-order valence-electron chi connectivity index (χ2n) is 4.09. The highest BCUT2D eigenvalue weighted by molar-refractivity contribution is 5.21. The van der Waals surface area contributed by atoms with E-state index in [1.165, 1.54) is 12.1 Å². The van der Waals surface area contributed by atoms with E-state index in [0.717, 1.165) is 11.8 Å². The van der Waals surface area contributed by atoms with E-state index in [2.05, 4.69) is 0 Å². The lowest BCUT2D eigenvalue weighted by atomic mass is 10.2. The first kappa shape index (κ1) is 11.8. The molecule has 2 nitrogen and oxygen atoms in total.